The molecule has 1 amide bonds. The third kappa shape index (κ3) is 5.83. The standard InChI is InChI=1S/C25H36N4O/c1-5-28-14-13-21-11-8-12-24(23(21)19-28)26-17-25(30)29(16-15-27(3)4)18-22-10-7-6-9-20(22)2/h6-12,26H,5,13-19H2,1-4H3. The van der Waals surface area contributed by atoms with Crippen LogP contribution in [0.1, 0.15) is 29.2 Å². The van der Waals surface area contributed by atoms with Crippen molar-refractivity contribution in [3.63, 3.8) is 0 Å². The molecule has 2 aromatic rings. The zero-order chi connectivity index (χ0) is 21.5. The van der Waals surface area contributed by atoms with Crippen molar-refractivity contribution in [2.24, 2.45) is 0 Å². The van der Waals surface area contributed by atoms with Crippen molar-refractivity contribution in [2.45, 2.75) is 33.4 Å². The van der Waals surface area contributed by atoms with Gasteiger partial charge in [0, 0.05) is 38.4 Å². The minimum absolute atomic E-state index is 0.140. The molecule has 162 valence electrons. The molecule has 0 saturated carbocycles. The third-order valence-electron chi connectivity index (χ3n) is 6.02. The van der Waals surface area contributed by atoms with Crippen LogP contribution in [0, 0.1) is 6.92 Å². The fourth-order valence-corrected chi connectivity index (χ4v) is 3.96. The van der Waals surface area contributed by atoms with Crippen LogP contribution in [0.15, 0.2) is 42.5 Å². The van der Waals surface area contributed by atoms with Gasteiger partial charge in [0.05, 0.1) is 6.54 Å². The molecule has 1 aliphatic rings. The second-order valence-corrected chi connectivity index (χ2v) is 8.46. The Kier molecular flexibility index (Phi) is 7.88. The number of nitrogens with one attached hydrogen (secondary N) is 1. The van der Waals surface area contributed by atoms with E-state index in [9.17, 15) is 4.79 Å². The molecule has 0 unspecified atom stereocenters. The highest BCUT2D eigenvalue weighted by Gasteiger charge is 2.19. The fourth-order valence-electron chi connectivity index (χ4n) is 3.96. The van der Waals surface area contributed by atoms with Gasteiger partial charge in [-0.1, -0.05) is 43.3 Å². The molecule has 3 rings (SSSR count). The van der Waals surface area contributed by atoms with Gasteiger partial charge in [-0.25, -0.2) is 0 Å². The van der Waals surface area contributed by atoms with Gasteiger partial charge in [-0.2, -0.15) is 0 Å². The molecule has 0 aromatic heterocycles. The molecular weight excluding hydrogens is 372 g/mol. The topological polar surface area (TPSA) is 38.8 Å². The van der Waals surface area contributed by atoms with E-state index in [2.05, 4.69) is 59.3 Å². The first kappa shape index (κ1) is 22.3. The van der Waals surface area contributed by atoms with E-state index in [1.54, 1.807) is 0 Å². The number of amides is 1. The zero-order valence-corrected chi connectivity index (χ0v) is 18.9. The largest absolute Gasteiger partial charge is 0.376 e. The summed E-state index contributed by atoms with van der Waals surface area (Å²) in [5.41, 5.74) is 6.28. The summed E-state index contributed by atoms with van der Waals surface area (Å²) in [5.74, 6) is 0.140. The molecule has 1 aliphatic heterocycles. The first-order valence-electron chi connectivity index (χ1n) is 11.0. The Morgan fingerprint density at radius 3 is 2.63 bits per heavy atom. The first-order valence-corrected chi connectivity index (χ1v) is 11.0. The molecule has 0 aliphatic carbocycles. The summed E-state index contributed by atoms with van der Waals surface area (Å²) in [6.45, 7) is 9.98. The van der Waals surface area contributed by atoms with Crippen molar-refractivity contribution in [1.29, 1.82) is 0 Å². The molecular formula is C25H36N4O. The second kappa shape index (κ2) is 10.6. The number of aryl methyl sites for hydroxylation is 1. The lowest BCUT2D eigenvalue weighted by Crippen LogP contribution is -2.39. The molecule has 0 spiro atoms. The number of likely N-dealkylation sites (N-methyl/N-ethyl adjacent to an activating group) is 2. The Hall–Kier alpha value is -2.37. The molecule has 2 aromatic carbocycles. The molecule has 0 saturated heterocycles. The maximum absolute atomic E-state index is 13.2. The molecule has 30 heavy (non-hydrogen) atoms. The predicted molar refractivity (Wildman–Crippen MR) is 125 cm³/mol. The van der Waals surface area contributed by atoms with Crippen LogP contribution >= 0.6 is 0 Å². The van der Waals surface area contributed by atoms with Crippen LogP contribution in [0.4, 0.5) is 5.69 Å². The SMILES string of the molecule is CCN1CCc2cccc(NCC(=O)N(CCN(C)C)Cc3ccccc3C)c2C1. The lowest BCUT2D eigenvalue weighted by atomic mass is 9.98. The fraction of sp³-hybridized carbons (Fsp3) is 0.480. The monoisotopic (exact) mass is 408 g/mol. The molecule has 1 N–H and O–H groups in total. The molecule has 0 atom stereocenters. The lowest BCUT2D eigenvalue weighted by Gasteiger charge is -2.30. The second-order valence-electron chi connectivity index (χ2n) is 8.46. The molecule has 0 bridgehead atoms. The van der Waals surface area contributed by atoms with Gasteiger partial charge in [-0.15, -0.1) is 0 Å². The Balaban J connectivity index is 1.69. The van der Waals surface area contributed by atoms with Crippen LogP contribution < -0.4 is 5.32 Å². The molecule has 5 nitrogen and oxygen atoms in total. The van der Waals surface area contributed by atoms with Gasteiger partial charge in [0.2, 0.25) is 5.91 Å². The minimum atomic E-state index is 0.140. The van der Waals surface area contributed by atoms with E-state index in [1.807, 2.05) is 31.1 Å². The average Bonchev–Trinajstić information content (AvgIpc) is 2.75. The summed E-state index contributed by atoms with van der Waals surface area (Å²) < 4.78 is 0. The number of hydrogen-bond acceptors (Lipinski definition) is 4. The number of rotatable bonds is 9. The summed E-state index contributed by atoms with van der Waals surface area (Å²) in [5, 5.41) is 3.45. The lowest BCUT2D eigenvalue weighted by molar-refractivity contribution is -0.130. The summed E-state index contributed by atoms with van der Waals surface area (Å²) in [7, 11) is 4.09. The number of nitrogens with zero attached hydrogens (tertiary/aromatic N) is 3. The van der Waals surface area contributed by atoms with Crippen molar-refractivity contribution < 1.29 is 4.79 Å². The number of hydrogen-bond donors (Lipinski definition) is 1. The van der Waals surface area contributed by atoms with E-state index < -0.39 is 0 Å². The normalized spacial score (nSPS) is 13.9. The van der Waals surface area contributed by atoms with E-state index in [4.69, 9.17) is 0 Å². The number of carbonyl (C=O) groups excluding carboxylic acids is 1. The predicted octanol–water partition coefficient (Wildman–Crippen LogP) is 3.38. The Bertz CT molecular complexity index is 849. The van der Waals surface area contributed by atoms with Crippen molar-refractivity contribution in [3.8, 4) is 0 Å². The number of anilines is 1. The van der Waals surface area contributed by atoms with Gasteiger partial charge < -0.3 is 15.1 Å². The Morgan fingerprint density at radius 1 is 1.10 bits per heavy atom. The first-order chi connectivity index (χ1) is 14.5. The quantitative estimate of drug-likeness (QED) is 0.690. The van der Waals surface area contributed by atoms with Crippen LogP contribution in [0.5, 0.6) is 0 Å². The van der Waals surface area contributed by atoms with E-state index in [0.717, 1.165) is 44.8 Å². The van der Waals surface area contributed by atoms with E-state index in [-0.39, 0.29) is 5.91 Å². The zero-order valence-electron chi connectivity index (χ0n) is 18.9. The third-order valence-corrected chi connectivity index (χ3v) is 6.02. The maximum atomic E-state index is 13.2. The summed E-state index contributed by atoms with van der Waals surface area (Å²) in [4.78, 5) is 19.7. The van der Waals surface area contributed by atoms with Crippen molar-refractivity contribution >= 4 is 11.6 Å². The molecule has 5 heteroatoms. The van der Waals surface area contributed by atoms with Crippen LogP contribution in [-0.2, 0) is 24.3 Å². The summed E-state index contributed by atoms with van der Waals surface area (Å²) in [6.07, 6.45) is 1.08. The Labute approximate surface area is 181 Å². The number of benzene rings is 2. The molecule has 0 fully saturated rings. The molecule has 0 radical (unpaired) electrons. The van der Waals surface area contributed by atoms with Gasteiger partial charge in [-0.05, 0) is 62.3 Å². The smallest absolute Gasteiger partial charge is 0.242 e. The van der Waals surface area contributed by atoms with E-state index >= 15 is 0 Å². The van der Waals surface area contributed by atoms with E-state index in [1.165, 1.54) is 22.3 Å². The highest BCUT2D eigenvalue weighted by molar-refractivity contribution is 5.81. The van der Waals surface area contributed by atoms with Crippen molar-refractivity contribution in [1.82, 2.24) is 14.7 Å². The van der Waals surface area contributed by atoms with Gasteiger partial charge in [0.1, 0.15) is 0 Å². The number of fused-ring (bicyclic) bond motifs is 1. The highest BCUT2D eigenvalue weighted by atomic mass is 16.2. The van der Waals surface area contributed by atoms with Crippen LogP contribution in [0.2, 0.25) is 0 Å². The molecule has 1 heterocycles. The summed E-state index contributed by atoms with van der Waals surface area (Å²) >= 11 is 0. The van der Waals surface area contributed by atoms with Gasteiger partial charge >= 0.3 is 0 Å². The van der Waals surface area contributed by atoms with Crippen LogP contribution in [0.25, 0.3) is 0 Å². The van der Waals surface area contributed by atoms with Crippen molar-refractivity contribution in [3.05, 3.63) is 64.7 Å². The van der Waals surface area contributed by atoms with Crippen LogP contribution in [0.3, 0.4) is 0 Å². The van der Waals surface area contributed by atoms with Gasteiger partial charge in [-0.3, -0.25) is 9.69 Å². The van der Waals surface area contributed by atoms with Gasteiger partial charge in [0.15, 0.2) is 0 Å². The minimum Gasteiger partial charge on any atom is -0.376 e. The van der Waals surface area contributed by atoms with E-state index in [0.29, 0.717) is 13.1 Å². The maximum Gasteiger partial charge on any atom is 0.242 e. The van der Waals surface area contributed by atoms with Crippen molar-refractivity contribution in [2.75, 3.05) is 52.1 Å². The highest BCUT2D eigenvalue weighted by Crippen LogP contribution is 2.26. The number of carbonyl (C=O) groups is 1. The average molecular weight is 409 g/mol. The summed E-state index contributed by atoms with van der Waals surface area (Å²) in [6, 6.07) is 14.7. The van der Waals surface area contributed by atoms with Crippen LogP contribution in [-0.4, -0.2) is 67.4 Å². The van der Waals surface area contributed by atoms with Gasteiger partial charge in [0.25, 0.3) is 0 Å². The Morgan fingerprint density at radius 2 is 1.90 bits per heavy atom.